The van der Waals surface area contributed by atoms with Gasteiger partial charge in [0.25, 0.3) is 0 Å². The Hall–Kier alpha value is -0.790. The summed E-state index contributed by atoms with van der Waals surface area (Å²) < 4.78 is 0. The molecule has 1 aliphatic carbocycles. The minimum absolute atomic E-state index is 0.609. The highest BCUT2D eigenvalue weighted by Gasteiger charge is 2.27. The zero-order valence-electron chi connectivity index (χ0n) is 16.6. The predicted molar refractivity (Wildman–Crippen MR) is 106 cm³/mol. The summed E-state index contributed by atoms with van der Waals surface area (Å²) in [4.78, 5) is 0. The molecular formula is C22H40N2. The van der Waals surface area contributed by atoms with Crippen molar-refractivity contribution < 1.29 is 0 Å². The molecule has 0 aromatic carbocycles. The van der Waals surface area contributed by atoms with Gasteiger partial charge in [0.05, 0.1) is 0 Å². The summed E-state index contributed by atoms with van der Waals surface area (Å²) in [6.07, 6.45) is 17.0. The topological polar surface area (TPSA) is 24.4 Å². The van der Waals surface area contributed by atoms with Gasteiger partial charge in [0.15, 0.2) is 0 Å². The van der Waals surface area contributed by atoms with E-state index >= 15 is 0 Å². The van der Waals surface area contributed by atoms with Gasteiger partial charge in [-0.2, -0.15) is 5.10 Å². The van der Waals surface area contributed by atoms with Crippen molar-refractivity contribution in [1.82, 2.24) is 5.43 Å². The number of rotatable bonds is 8. The number of hydrogen-bond acceptors (Lipinski definition) is 2. The lowest BCUT2D eigenvalue weighted by atomic mass is 9.76. The first-order valence-electron chi connectivity index (χ1n) is 10.7. The van der Waals surface area contributed by atoms with Crippen LogP contribution < -0.4 is 5.43 Å². The fourth-order valence-electron chi connectivity index (χ4n) is 4.56. The van der Waals surface area contributed by atoms with Gasteiger partial charge in [-0.1, -0.05) is 72.6 Å². The Morgan fingerprint density at radius 1 is 1.12 bits per heavy atom. The Kier molecular flexibility index (Phi) is 8.35. The highest BCUT2D eigenvalue weighted by molar-refractivity contribution is 5.67. The SMILES string of the molecule is CCCCCCC(C)C1=C2CCC(C(C)CC)CCCC2C=NN1. The summed E-state index contributed by atoms with van der Waals surface area (Å²) in [6, 6.07) is 0. The maximum atomic E-state index is 4.52. The standard InChI is InChI=1S/C22H40N2/c1-5-7-8-9-11-18(4)22-21-15-14-19(17(3)6-2)12-10-13-20(21)16-23-24-22/h16-20,24H,5-15H2,1-4H3. The highest BCUT2D eigenvalue weighted by atomic mass is 15.3. The van der Waals surface area contributed by atoms with Crippen LogP contribution in [0.25, 0.3) is 0 Å². The lowest BCUT2D eigenvalue weighted by Gasteiger charge is -2.33. The molecule has 1 aliphatic heterocycles. The minimum atomic E-state index is 0.609. The van der Waals surface area contributed by atoms with Crippen molar-refractivity contribution in [3.8, 4) is 0 Å². The lowest BCUT2D eigenvalue weighted by Crippen LogP contribution is -2.28. The van der Waals surface area contributed by atoms with Crippen molar-refractivity contribution in [2.45, 2.75) is 98.3 Å². The van der Waals surface area contributed by atoms with Gasteiger partial charge >= 0.3 is 0 Å². The fraction of sp³-hybridized carbons (Fsp3) is 0.864. The summed E-state index contributed by atoms with van der Waals surface area (Å²) >= 11 is 0. The van der Waals surface area contributed by atoms with Gasteiger partial charge in [-0.05, 0) is 49.0 Å². The zero-order valence-corrected chi connectivity index (χ0v) is 16.6. The second-order valence-electron chi connectivity index (χ2n) is 8.30. The van der Waals surface area contributed by atoms with Gasteiger partial charge in [-0.25, -0.2) is 0 Å². The van der Waals surface area contributed by atoms with E-state index in [2.05, 4.69) is 44.4 Å². The molecule has 0 saturated heterocycles. The quantitative estimate of drug-likeness (QED) is 0.493. The molecule has 24 heavy (non-hydrogen) atoms. The molecule has 0 aromatic rings. The maximum Gasteiger partial charge on any atom is 0.0362 e. The predicted octanol–water partition coefficient (Wildman–Crippen LogP) is 6.68. The van der Waals surface area contributed by atoms with Crippen LogP contribution in [0.1, 0.15) is 98.3 Å². The molecule has 0 spiro atoms. The molecule has 0 bridgehead atoms. The lowest BCUT2D eigenvalue weighted by molar-refractivity contribution is 0.282. The first-order chi connectivity index (χ1) is 11.7. The zero-order chi connectivity index (χ0) is 17.4. The van der Waals surface area contributed by atoms with Crippen LogP contribution in [-0.2, 0) is 0 Å². The summed E-state index contributed by atoms with van der Waals surface area (Å²) in [5.74, 6) is 3.04. The van der Waals surface area contributed by atoms with Crippen molar-refractivity contribution >= 4 is 6.21 Å². The summed E-state index contributed by atoms with van der Waals surface area (Å²) in [5.41, 5.74) is 6.59. The van der Waals surface area contributed by atoms with Gasteiger partial charge in [0, 0.05) is 17.8 Å². The van der Waals surface area contributed by atoms with E-state index in [1.54, 1.807) is 5.57 Å². The molecule has 1 saturated carbocycles. The Labute approximate surface area is 150 Å². The van der Waals surface area contributed by atoms with Crippen LogP contribution in [-0.4, -0.2) is 6.21 Å². The van der Waals surface area contributed by atoms with Crippen molar-refractivity contribution in [3.63, 3.8) is 0 Å². The van der Waals surface area contributed by atoms with Crippen LogP contribution in [0.4, 0.5) is 0 Å². The van der Waals surface area contributed by atoms with Crippen LogP contribution >= 0.6 is 0 Å². The number of nitrogens with zero attached hydrogens (tertiary/aromatic N) is 1. The van der Waals surface area contributed by atoms with E-state index in [-0.39, 0.29) is 0 Å². The van der Waals surface area contributed by atoms with Crippen LogP contribution in [0.2, 0.25) is 0 Å². The highest BCUT2D eigenvalue weighted by Crippen LogP contribution is 2.37. The smallest absolute Gasteiger partial charge is 0.0362 e. The van der Waals surface area contributed by atoms with Crippen LogP contribution in [0.5, 0.6) is 0 Å². The molecule has 1 N–H and O–H groups in total. The number of unbranched alkanes of at least 4 members (excludes halogenated alkanes) is 3. The molecule has 1 heterocycles. The van der Waals surface area contributed by atoms with E-state index in [9.17, 15) is 0 Å². The van der Waals surface area contributed by atoms with Crippen LogP contribution in [0.3, 0.4) is 0 Å². The molecule has 2 nitrogen and oxygen atoms in total. The molecular weight excluding hydrogens is 292 g/mol. The number of hydrogen-bond donors (Lipinski definition) is 1. The third-order valence-electron chi connectivity index (χ3n) is 6.54. The van der Waals surface area contributed by atoms with E-state index in [1.807, 2.05) is 0 Å². The Balaban J connectivity index is 2.02. The molecule has 2 aliphatic rings. The van der Waals surface area contributed by atoms with Crippen LogP contribution in [0.15, 0.2) is 16.4 Å². The van der Waals surface area contributed by atoms with Gasteiger partial charge in [0.2, 0.25) is 0 Å². The second kappa shape index (κ2) is 10.3. The van der Waals surface area contributed by atoms with E-state index in [1.165, 1.54) is 76.3 Å². The Bertz CT molecular complexity index is 424. The molecule has 0 radical (unpaired) electrons. The maximum absolute atomic E-state index is 4.52. The molecule has 2 heteroatoms. The average molecular weight is 333 g/mol. The second-order valence-corrected chi connectivity index (χ2v) is 8.30. The third kappa shape index (κ3) is 5.36. The van der Waals surface area contributed by atoms with Crippen molar-refractivity contribution in [2.75, 3.05) is 0 Å². The number of nitrogens with one attached hydrogen (secondary N) is 1. The van der Waals surface area contributed by atoms with E-state index in [0.717, 1.165) is 11.8 Å². The normalized spacial score (nSPS) is 27.0. The molecule has 138 valence electrons. The Morgan fingerprint density at radius 3 is 2.71 bits per heavy atom. The minimum Gasteiger partial charge on any atom is -0.283 e. The summed E-state index contributed by atoms with van der Waals surface area (Å²) in [5, 5.41) is 4.52. The first-order valence-corrected chi connectivity index (χ1v) is 10.7. The van der Waals surface area contributed by atoms with Gasteiger partial charge < -0.3 is 0 Å². The summed E-state index contributed by atoms with van der Waals surface area (Å²) in [7, 11) is 0. The van der Waals surface area contributed by atoms with E-state index in [4.69, 9.17) is 0 Å². The van der Waals surface area contributed by atoms with Crippen molar-refractivity contribution in [3.05, 3.63) is 11.3 Å². The molecule has 4 atom stereocenters. The van der Waals surface area contributed by atoms with Crippen molar-refractivity contribution in [1.29, 1.82) is 0 Å². The van der Waals surface area contributed by atoms with E-state index < -0.39 is 0 Å². The number of allylic oxidation sites excluding steroid dienone is 2. The third-order valence-corrected chi connectivity index (χ3v) is 6.54. The number of fused-ring (bicyclic) bond motifs is 1. The number of hydrazone groups is 1. The summed E-state index contributed by atoms with van der Waals surface area (Å²) in [6.45, 7) is 9.50. The fourth-order valence-corrected chi connectivity index (χ4v) is 4.56. The monoisotopic (exact) mass is 332 g/mol. The average Bonchev–Trinajstić information content (AvgIpc) is 2.58. The van der Waals surface area contributed by atoms with E-state index in [0.29, 0.717) is 11.8 Å². The van der Waals surface area contributed by atoms with Gasteiger partial charge in [-0.3, -0.25) is 5.43 Å². The first kappa shape index (κ1) is 19.5. The molecule has 4 unspecified atom stereocenters. The van der Waals surface area contributed by atoms with Gasteiger partial charge in [0.1, 0.15) is 0 Å². The Morgan fingerprint density at radius 2 is 1.96 bits per heavy atom. The largest absolute Gasteiger partial charge is 0.283 e. The molecule has 2 rings (SSSR count). The molecule has 1 fully saturated rings. The molecule has 0 amide bonds. The van der Waals surface area contributed by atoms with Crippen molar-refractivity contribution in [2.24, 2.45) is 28.8 Å². The van der Waals surface area contributed by atoms with Gasteiger partial charge in [-0.15, -0.1) is 0 Å². The van der Waals surface area contributed by atoms with Crippen LogP contribution in [0, 0.1) is 23.7 Å². The molecule has 0 aromatic heterocycles.